The van der Waals surface area contributed by atoms with Crippen LogP contribution in [-0.4, -0.2) is 16.8 Å². The van der Waals surface area contributed by atoms with Crippen LogP contribution in [-0.2, 0) is 0 Å². The van der Waals surface area contributed by atoms with Crippen LogP contribution in [0.3, 0.4) is 0 Å². The topological polar surface area (TPSA) is 0 Å². The van der Waals surface area contributed by atoms with Gasteiger partial charge in [-0.25, -0.2) is 0 Å². The SMILES string of the molecule is CCCC(CS)CSC(C)C(C)C. The molecule has 0 heterocycles. The Bertz CT molecular complexity index is 113. The second kappa shape index (κ2) is 8.05. The predicted octanol–water partition coefficient (Wildman–Crippen LogP) is 4.11. The highest BCUT2D eigenvalue weighted by Crippen LogP contribution is 2.23. The van der Waals surface area contributed by atoms with Crippen LogP contribution in [0, 0.1) is 11.8 Å². The van der Waals surface area contributed by atoms with Crippen LogP contribution >= 0.6 is 24.4 Å². The molecule has 0 aromatic heterocycles. The summed E-state index contributed by atoms with van der Waals surface area (Å²) in [4.78, 5) is 0. The minimum Gasteiger partial charge on any atom is -0.179 e. The molecule has 0 radical (unpaired) electrons. The van der Waals surface area contributed by atoms with Crippen LogP contribution in [0.15, 0.2) is 0 Å². The largest absolute Gasteiger partial charge is 0.179 e. The molecular formula is C11H24S2. The summed E-state index contributed by atoms with van der Waals surface area (Å²) in [6.45, 7) is 9.18. The molecule has 0 amide bonds. The Labute approximate surface area is 93.7 Å². The molecule has 0 saturated carbocycles. The Morgan fingerprint density at radius 2 is 1.85 bits per heavy atom. The van der Waals surface area contributed by atoms with Gasteiger partial charge in [-0.05, 0) is 29.8 Å². The first-order valence-electron chi connectivity index (χ1n) is 5.34. The fourth-order valence-corrected chi connectivity index (χ4v) is 2.85. The highest BCUT2D eigenvalue weighted by molar-refractivity contribution is 7.99. The summed E-state index contributed by atoms with van der Waals surface area (Å²) < 4.78 is 0. The van der Waals surface area contributed by atoms with E-state index < -0.39 is 0 Å². The summed E-state index contributed by atoms with van der Waals surface area (Å²) in [6.07, 6.45) is 2.63. The maximum Gasteiger partial charge on any atom is 0.00418 e. The first kappa shape index (κ1) is 13.7. The fourth-order valence-electron chi connectivity index (χ4n) is 1.12. The van der Waals surface area contributed by atoms with Crippen LogP contribution in [0.1, 0.15) is 40.5 Å². The van der Waals surface area contributed by atoms with Gasteiger partial charge in [-0.15, -0.1) is 0 Å². The third-order valence-electron chi connectivity index (χ3n) is 2.49. The van der Waals surface area contributed by atoms with E-state index in [4.69, 9.17) is 0 Å². The van der Waals surface area contributed by atoms with E-state index in [0.717, 1.165) is 22.8 Å². The van der Waals surface area contributed by atoms with E-state index in [2.05, 4.69) is 52.1 Å². The van der Waals surface area contributed by atoms with E-state index in [0.29, 0.717) is 0 Å². The van der Waals surface area contributed by atoms with Gasteiger partial charge < -0.3 is 0 Å². The van der Waals surface area contributed by atoms with Gasteiger partial charge in [0.2, 0.25) is 0 Å². The Kier molecular flexibility index (Phi) is 8.48. The predicted molar refractivity (Wildman–Crippen MR) is 69.0 cm³/mol. The van der Waals surface area contributed by atoms with Crippen molar-refractivity contribution in [2.45, 2.75) is 45.8 Å². The van der Waals surface area contributed by atoms with E-state index in [1.165, 1.54) is 18.6 Å². The van der Waals surface area contributed by atoms with Gasteiger partial charge in [0.15, 0.2) is 0 Å². The highest BCUT2D eigenvalue weighted by atomic mass is 32.2. The Hall–Kier alpha value is 0.700. The van der Waals surface area contributed by atoms with E-state index in [1.807, 2.05) is 0 Å². The lowest BCUT2D eigenvalue weighted by atomic mass is 10.1. The van der Waals surface area contributed by atoms with Crippen molar-refractivity contribution in [3.63, 3.8) is 0 Å². The summed E-state index contributed by atoms with van der Waals surface area (Å²) in [7, 11) is 0. The molecule has 0 nitrogen and oxygen atoms in total. The van der Waals surface area contributed by atoms with Crippen molar-refractivity contribution in [3.05, 3.63) is 0 Å². The zero-order chi connectivity index (χ0) is 10.3. The molecule has 0 aromatic carbocycles. The van der Waals surface area contributed by atoms with Crippen molar-refractivity contribution in [2.75, 3.05) is 11.5 Å². The smallest absolute Gasteiger partial charge is 0.00418 e. The Morgan fingerprint density at radius 1 is 1.23 bits per heavy atom. The molecule has 0 spiro atoms. The molecule has 0 rings (SSSR count). The van der Waals surface area contributed by atoms with Crippen LogP contribution in [0.5, 0.6) is 0 Å². The molecule has 0 saturated heterocycles. The number of hydrogen-bond acceptors (Lipinski definition) is 2. The highest BCUT2D eigenvalue weighted by Gasteiger charge is 2.11. The van der Waals surface area contributed by atoms with Crippen molar-refractivity contribution in [2.24, 2.45) is 11.8 Å². The number of thioether (sulfide) groups is 1. The Balaban J connectivity index is 3.58. The average Bonchev–Trinajstić information content (AvgIpc) is 2.11. The molecule has 0 aromatic rings. The summed E-state index contributed by atoms with van der Waals surface area (Å²) in [5.41, 5.74) is 0. The monoisotopic (exact) mass is 220 g/mol. The zero-order valence-corrected chi connectivity index (χ0v) is 11.1. The number of thiol groups is 1. The fraction of sp³-hybridized carbons (Fsp3) is 1.00. The number of rotatable bonds is 7. The molecule has 2 atom stereocenters. The first-order chi connectivity index (χ1) is 6.11. The minimum atomic E-state index is 0.791. The van der Waals surface area contributed by atoms with Gasteiger partial charge in [-0.1, -0.05) is 34.1 Å². The second-order valence-electron chi connectivity index (χ2n) is 4.12. The molecule has 0 aliphatic carbocycles. The third-order valence-corrected chi connectivity index (χ3v) is 4.74. The standard InChI is InChI=1S/C11H24S2/c1-5-6-11(7-12)8-13-10(4)9(2)3/h9-12H,5-8H2,1-4H3. The molecule has 0 fully saturated rings. The van der Waals surface area contributed by atoms with Crippen molar-refractivity contribution in [1.29, 1.82) is 0 Å². The van der Waals surface area contributed by atoms with E-state index in [9.17, 15) is 0 Å². The quantitative estimate of drug-likeness (QED) is 0.630. The normalized spacial score (nSPS) is 16.2. The summed E-state index contributed by atoms with van der Waals surface area (Å²) >= 11 is 6.50. The molecule has 0 aliphatic heterocycles. The van der Waals surface area contributed by atoms with Gasteiger partial charge in [0, 0.05) is 5.25 Å². The Morgan fingerprint density at radius 3 is 2.23 bits per heavy atom. The van der Waals surface area contributed by atoms with Gasteiger partial charge in [0.25, 0.3) is 0 Å². The molecule has 0 bridgehead atoms. The van der Waals surface area contributed by atoms with Gasteiger partial charge in [0.1, 0.15) is 0 Å². The lowest BCUT2D eigenvalue weighted by Crippen LogP contribution is -2.12. The summed E-state index contributed by atoms with van der Waals surface area (Å²) in [5.74, 6) is 3.95. The van der Waals surface area contributed by atoms with Gasteiger partial charge >= 0.3 is 0 Å². The van der Waals surface area contributed by atoms with Crippen molar-refractivity contribution >= 4 is 24.4 Å². The third kappa shape index (κ3) is 6.73. The van der Waals surface area contributed by atoms with Crippen LogP contribution in [0.2, 0.25) is 0 Å². The molecule has 0 N–H and O–H groups in total. The number of hydrogen-bond donors (Lipinski definition) is 1. The average molecular weight is 220 g/mol. The summed E-state index contributed by atoms with van der Waals surface area (Å²) in [5, 5.41) is 0.791. The van der Waals surface area contributed by atoms with Gasteiger partial charge in [-0.3, -0.25) is 0 Å². The molecule has 13 heavy (non-hydrogen) atoms. The van der Waals surface area contributed by atoms with Gasteiger partial charge in [-0.2, -0.15) is 24.4 Å². The maximum atomic E-state index is 4.39. The van der Waals surface area contributed by atoms with Crippen molar-refractivity contribution < 1.29 is 0 Å². The van der Waals surface area contributed by atoms with Crippen molar-refractivity contribution in [3.8, 4) is 0 Å². The molecule has 2 unspecified atom stereocenters. The van der Waals surface area contributed by atoms with E-state index in [1.54, 1.807) is 0 Å². The van der Waals surface area contributed by atoms with E-state index >= 15 is 0 Å². The van der Waals surface area contributed by atoms with Crippen LogP contribution in [0.25, 0.3) is 0 Å². The van der Waals surface area contributed by atoms with Crippen LogP contribution < -0.4 is 0 Å². The van der Waals surface area contributed by atoms with E-state index in [-0.39, 0.29) is 0 Å². The van der Waals surface area contributed by atoms with Crippen molar-refractivity contribution in [1.82, 2.24) is 0 Å². The second-order valence-corrected chi connectivity index (χ2v) is 5.90. The lowest BCUT2D eigenvalue weighted by Gasteiger charge is -2.19. The summed E-state index contributed by atoms with van der Waals surface area (Å²) in [6, 6.07) is 0. The molecule has 80 valence electrons. The molecule has 2 heteroatoms. The minimum absolute atomic E-state index is 0.791. The maximum absolute atomic E-state index is 4.39. The van der Waals surface area contributed by atoms with Gasteiger partial charge in [0.05, 0.1) is 0 Å². The first-order valence-corrected chi connectivity index (χ1v) is 7.02. The molecular weight excluding hydrogens is 196 g/mol. The zero-order valence-electron chi connectivity index (χ0n) is 9.42. The van der Waals surface area contributed by atoms with Crippen LogP contribution in [0.4, 0.5) is 0 Å². The molecule has 0 aliphatic rings. The lowest BCUT2D eigenvalue weighted by molar-refractivity contribution is 0.588.